The zero-order valence-electron chi connectivity index (χ0n) is 9.20. The van der Waals surface area contributed by atoms with Gasteiger partial charge in [-0.1, -0.05) is 37.6 Å². The fraction of sp³-hybridized carbons (Fsp3) is 0.385. The molecule has 2 nitrogen and oxygen atoms in total. The highest BCUT2D eigenvalue weighted by atomic mass is 16.6. The smallest absolute Gasteiger partial charge is 0.192 e. The minimum Gasteiger partial charge on any atom is -0.362 e. The van der Waals surface area contributed by atoms with Gasteiger partial charge in [-0.3, -0.25) is 0 Å². The van der Waals surface area contributed by atoms with Crippen molar-refractivity contribution in [2.75, 3.05) is 6.61 Å². The summed E-state index contributed by atoms with van der Waals surface area (Å²) in [6.45, 7) is 10.1. The molecular formula is C13H18O2. The number of hydrogen-bond donors (Lipinski definition) is 1. The Morgan fingerprint density at radius 1 is 1.40 bits per heavy atom. The highest BCUT2D eigenvalue weighted by Crippen LogP contribution is 2.24. The molecule has 2 radical (unpaired) electrons. The van der Waals surface area contributed by atoms with Crippen LogP contribution < -0.4 is 0 Å². The lowest BCUT2D eigenvalue weighted by Gasteiger charge is -2.25. The molecule has 0 saturated carbocycles. The zero-order chi connectivity index (χ0) is 11.3. The van der Waals surface area contributed by atoms with E-state index < -0.39 is 5.79 Å². The second kappa shape index (κ2) is 5.29. The highest BCUT2D eigenvalue weighted by molar-refractivity contribution is 5.33. The molecule has 0 saturated heterocycles. The lowest BCUT2D eigenvalue weighted by Crippen LogP contribution is -2.27. The number of benzene rings is 1. The lowest BCUT2D eigenvalue weighted by atomic mass is 10.0. The Labute approximate surface area is 91.9 Å². The summed E-state index contributed by atoms with van der Waals surface area (Å²) in [6.07, 6.45) is 1.94. The van der Waals surface area contributed by atoms with Crippen LogP contribution in [0.5, 0.6) is 0 Å². The van der Waals surface area contributed by atoms with E-state index in [1.165, 1.54) is 0 Å². The number of rotatable bonds is 5. The molecule has 0 amide bonds. The van der Waals surface area contributed by atoms with Gasteiger partial charge < -0.3 is 9.84 Å². The third-order valence-corrected chi connectivity index (χ3v) is 2.28. The van der Waals surface area contributed by atoms with Gasteiger partial charge in [-0.05, 0) is 18.9 Å². The van der Waals surface area contributed by atoms with Crippen molar-refractivity contribution in [2.24, 2.45) is 0 Å². The van der Waals surface area contributed by atoms with Crippen molar-refractivity contribution >= 4 is 0 Å². The second-order valence-electron chi connectivity index (χ2n) is 3.64. The van der Waals surface area contributed by atoms with E-state index in [1.807, 2.05) is 18.2 Å². The van der Waals surface area contributed by atoms with Gasteiger partial charge in [-0.15, -0.1) is 0 Å². The van der Waals surface area contributed by atoms with Crippen molar-refractivity contribution in [1.82, 2.24) is 0 Å². The molecule has 1 aromatic rings. The second-order valence-corrected chi connectivity index (χ2v) is 3.64. The summed E-state index contributed by atoms with van der Waals surface area (Å²) >= 11 is 0. The molecule has 1 N–H and O–H groups in total. The van der Waals surface area contributed by atoms with Gasteiger partial charge in [0.25, 0.3) is 0 Å². The third kappa shape index (κ3) is 3.33. The van der Waals surface area contributed by atoms with Gasteiger partial charge in [0, 0.05) is 12.5 Å². The molecule has 15 heavy (non-hydrogen) atoms. The standard InChI is InChI=1S/C13H18O2/c1-4-5-10-15-13(3,14)12-9-7-6-8-11(12)2/h6-9,14H,2-5,10H2,1H3. The summed E-state index contributed by atoms with van der Waals surface area (Å²) in [7, 11) is 0. The van der Waals surface area contributed by atoms with Crippen LogP contribution in [-0.4, -0.2) is 11.7 Å². The van der Waals surface area contributed by atoms with Gasteiger partial charge >= 0.3 is 0 Å². The van der Waals surface area contributed by atoms with Crippen LogP contribution in [0, 0.1) is 13.8 Å². The van der Waals surface area contributed by atoms with Crippen LogP contribution >= 0.6 is 0 Å². The van der Waals surface area contributed by atoms with Crippen molar-refractivity contribution < 1.29 is 9.84 Å². The van der Waals surface area contributed by atoms with E-state index in [0.29, 0.717) is 12.2 Å². The zero-order valence-corrected chi connectivity index (χ0v) is 9.20. The Morgan fingerprint density at radius 3 is 2.67 bits per heavy atom. The van der Waals surface area contributed by atoms with E-state index in [-0.39, 0.29) is 0 Å². The largest absolute Gasteiger partial charge is 0.362 e. The molecule has 0 spiro atoms. The van der Waals surface area contributed by atoms with Gasteiger partial charge in [0.2, 0.25) is 0 Å². The first kappa shape index (κ1) is 12.2. The predicted molar refractivity (Wildman–Crippen MR) is 61.0 cm³/mol. The minimum absolute atomic E-state index is 0.505. The van der Waals surface area contributed by atoms with Crippen molar-refractivity contribution in [3.8, 4) is 0 Å². The van der Waals surface area contributed by atoms with Crippen LogP contribution in [0.3, 0.4) is 0 Å². The van der Waals surface area contributed by atoms with Gasteiger partial charge in [-0.25, -0.2) is 0 Å². The van der Waals surface area contributed by atoms with Crippen LogP contribution in [0.4, 0.5) is 0 Å². The molecule has 1 unspecified atom stereocenters. The quantitative estimate of drug-likeness (QED) is 0.593. The van der Waals surface area contributed by atoms with Crippen molar-refractivity contribution in [2.45, 2.75) is 25.6 Å². The molecule has 0 aromatic heterocycles. The van der Waals surface area contributed by atoms with Gasteiger partial charge in [0.15, 0.2) is 5.79 Å². The Kier molecular flexibility index (Phi) is 4.30. The van der Waals surface area contributed by atoms with Crippen LogP contribution in [0.1, 0.15) is 30.9 Å². The first-order chi connectivity index (χ1) is 7.08. The number of unbranched alkanes of at least 4 members (excludes halogenated alkanes) is 1. The summed E-state index contributed by atoms with van der Waals surface area (Å²) in [5, 5.41) is 10.0. The molecule has 0 aliphatic rings. The first-order valence-corrected chi connectivity index (χ1v) is 5.21. The van der Waals surface area contributed by atoms with E-state index in [4.69, 9.17) is 4.74 Å². The van der Waals surface area contributed by atoms with Crippen LogP contribution in [0.15, 0.2) is 24.3 Å². The first-order valence-electron chi connectivity index (χ1n) is 5.21. The Bertz CT molecular complexity index is 305. The summed E-state index contributed by atoms with van der Waals surface area (Å²) in [6, 6.07) is 7.31. The molecule has 2 heteroatoms. The molecule has 1 rings (SSSR count). The summed E-state index contributed by atoms with van der Waals surface area (Å²) in [5.74, 6) is -1.48. The Hall–Kier alpha value is -0.860. The third-order valence-electron chi connectivity index (χ3n) is 2.28. The topological polar surface area (TPSA) is 29.5 Å². The fourth-order valence-corrected chi connectivity index (χ4v) is 1.36. The van der Waals surface area contributed by atoms with E-state index >= 15 is 0 Å². The van der Waals surface area contributed by atoms with Crippen molar-refractivity contribution in [1.29, 1.82) is 0 Å². The fourth-order valence-electron chi connectivity index (χ4n) is 1.36. The summed E-state index contributed by atoms with van der Waals surface area (Å²) < 4.78 is 5.34. The monoisotopic (exact) mass is 206 g/mol. The van der Waals surface area contributed by atoms with Gasteiger partial charge in [0.05, 0.1) is 6.61 Å². The lowest BCUT2D eigenvalue weighted by molar-refractivity contribution is -0.178. The molecule has 1 aromatic carbocycles. The van der Waals surface area contributed by atoms with E-state index in [9.17, 15) is 5.11 Å². The average Bonchev–Trinajstić information content (AvgIpc) is 2.18. The normalized spacial score (nSPS) is 14.9. The molecule has 1 atom stereocenters. The maximum atomic E-state index is 10.0. The SMILES string of the molecule is [CH2]c1ccccc1C([CH2])(O)OCCCC. The molecule has 82 valence electrons. The predicted octanol–water partition coefficient (Wildman–Crippen LogP) is 2.66. The summed E-state index contributed by atoms with van der Waals surface area (Å²) in [4.78, 5) is 0. The van der Waals surface area contributed by atoms with E-state index in [2.05, 4.69) is 20.8 Å². The minimum atomic E-state index is -1.48. The average molecular weight is 206 g/mol. The maximum absolute atomic E-state index is 10.0. The molecular weight excluding hydrogens is 188 g/mol. The van der Waals surface area contributed by atoms with Crippen LogP contribution in [0.2, 0.25) is 0 Å². The maximum Gasteiger partial charge on any atom is 0.192 e. The van der Waals surface area contributed by atoms with Gasteiger partial charge in [-0.2, -0.15) is 0 Å². The molecule has 0 bridgehead atoms. The number of hydrogen-bond acceptors (Lipinski definition) is 2. The molecule has 0 aliphatic heterocycles. The number of ether oxygens (including phenoxy) is 1. The van der Waals surface area contributed by atoms with E-state index in [1.54, 1.807) is 6.07 Å². The summed E-state index contributed by atoms with van der Waals surface area (Å²) in [5.41, 5.74) is 1.37. The molecule has 0 fully saturated rings. The highest BCUT2D eigenvalue weighted by Gasteiger charge is 2.25. The Balaban J connectivity index is 2.72. The number of aliphatic hydroxyl groups is 1. The van der Waals surface area contributed by atoms with Crippen LogP contribution in [-0.2, 0) is 10.5 Å². The Morgan fingerprint density at radius 2 is 2.07 bits per heavy atom. The van der Waals surface area contributed by atoms with Crippen molar-refractivity contribution in [3.05, 3.63) is 49.2 Å². The van der Waals surface area contributed by atoms with E-state index in [0.717, 1.165) is 18.4 Å². The van der Waals surface area contributed by atoms with Crippen LogP contribution in [0.25, 0.3) is 0 Å². The molecule has 0 aliphatic carbocycles. The van der Waals surface area contributed by atoms with Gasteiger partial charge in [0.1, 0.15) is 0 Å². The van der Waals surface area contributed by atoms with Crippen molar-refractivity contribution in [3.63, 3.8) is 0 Å². The molecule has 0 heterocycles.